The van der Waals surface area contributed by atoms with Crippen molar-refractivity contribution >= 4 is 50.6 Å². The van der Waals surface area contributed by atoms with Gasteiger partial charge >= 0.3 is 0 Å². The highest BCUT2D eigenvalue weighted by atomic mass is 79.9. The van der Waals surface area contributed by atoms with E-state index in [-0.39, 0.29) is 11.5 Å². The maximum absolute atomic E-state index is 12.7. The summed E-state index contributed by atoms with van der Waals surface area (Å²) in [6.45, 7) is 0.339. The molecule has 6 heteroatoms. The minimum Gasteiger partial charge on any atom is -0.506 e. The van der Waals surface area contributed by atoms with E-state index >= 15 is 0 Å². The van der Waals surface area contributed by atoms with Crippen LogP contribution in [0.5, 0.6) is 5.75 Å². The molecule has 3 nitrogen and oxygen atoms in total. The fourth-order valence-electron chi connectivity index (χ4n) is 2.51. The number of nitrogens with one attached hydrogen (secondary N) is 1. The SMILES string of the molecule is O=C(c1ccccc1)c1cc(NCc2cc(Cl)cc(Br)c2O)ccc1Cl. The van der Waals surface area contributed by atoms with E-state index in [1.54, 1.807) is 42.5 Å². The Labute approximate surface area is 169 Å². The van der Waals surface area contributed by atoms with Crippen LogP contribution in [0.4, 0.5) is 5.69 Å². The molecule has 0 aliphatic rings. The molecule has 132 valence electrons. The molecular formula is C20H14BrCl2NO2. The van der Waals surface area contributed by atoms with Gasteiger partial charge in [-0.2, -0.15) is 0 Å². The topological polar surface area (TPSA) is 49.3 Å². The van der Waals surface area contributed by atoms with Crippen LogP contribution in [0.25, 0.3) is 0 Å². The summed E-state index contributed by atoms with van der Waals surface area (Å²) < 4.78 is 0.526. The highest BCUT2D eigenvalue weighted by molar-refractivity contribution is 9.10. The summed E-state index contributed by atoms with van der Waals surface area (Å²) in [5.74, 6) is -0.0240. The Bertz CT molecular complexity index is 962. The zero-order valence-corrected chi connectivity index (χ0v) is 16.6. The average Bonchev–Trinajstić information content (AvgIpc) is 2.64. The number of anilines is 1. The number of phenolic OH excluding ortho intramolecular Hbond substituents is 1. The van der Waals surface area contributed by atoms with Crippen molar-refractivity contribution in [3.8, 4) is 5.75 Å². The molecule has 0 bridgehead atoms. The minimum atomic E-state index is -0.146. The summed E-state index contributed by atoms with van der Waals surface area (Å²) >= 11 is 15.5. The predicted molar refractivity (Wildman–Crippen MR) is 109 cm³/mol. The number of benzene rings is 3. The zero-order valence-electron chi connectivity index (χ0n) is 13.5. The number of carbonyl (C=O) groups is 1. The van der Waals surface area contributed by atoms with Crippen molar-refractivity contribution in [2.24, 2.45) is 0 Å². The molecule has 3 aromatic carbocycles. The van der Waals surface area contributed by atoms with Crippen LogP contribution in [0.2, 0.25) is 10.0 Å². The summed E-state index contributed by atoms with van der Waals surface area (Å²) in [7, 11) is 0. The molecular weight excluding hydrogens is 437 g/mol. The summed E-state index contributed by atoms with van der Waals surface area (Å²) in [5.41, 5.74) is 2.33. The zero-order chi connectivity index (χ0) is 18.7. The fourth-order valence-corrected chi connectivity index (χ4v) is 3.58. The van der Waals surface area contributed by atoms with E-state index in [1.807, 2.05) is 18.2 Å². The second-order valence-corrected chi connectivity index (χ2v) is 7.34. The Kier molecular flexibility index (Phi) is 5.87. The van der Waals surface area contributed by atoms with Crippen molar-refractivity contribution in [2.45, 2.75) is 6.54 Å². The Balaban J connectivity index is 1.83. The molecule has 2 N–H and O–H groups in total. The fraction of sp³-hybridized carbons (Fsp3) is 0.0500. The van der Waals surface area contributed by atoms with Gasteiger partial charge in [-0.15, -0.1) is 0 Å². The molecule has 0 atom stereocenters. The normalized spacial score (nSPS) is 10.6. The van der Waals surface area contributed by atoms with Crippen LogP contribution >= 0.6 is 39.1 Å². The lowest BCUT2D eigenvalue weighted by molar-refractivity contribution is 0.103. The van der Waals surface area contributed by atoms with Crippen LogP contribution in [0.15, 0.2) is 65.1 Å². The van der Waals surface area contributed by atoms with Crippen molar-refractivity contribution < 1.29 is 9.90 Å². The van der Waals surface area contributed by atoms with Crippen LogP contribution in [0, 0.1) is 0 Å². The van der Waals surface area contributed by atoms with Crippen LogP contribution in [-0.2, 0) is 6.54 Å². The number of rotatable bonds is 5. The van der Waals surface area contributed by atoms with E-state index in [1.165, 1.54) is 0 Å². The number of halogens is 3. The lowest BCUT2D eigenvalue weighted by Gasteiger charge is -2.12. The van der Waals surface area contributed by atoms with E-state index in [0.29, 0.717) is 43.4 Å². The van der Waals surface area contributed by atoms with E-state index in [2.05, 4.69) is 21.2 Å². The molecule has 0 spiro atoms. The van der Waals surface area contributed by atoms with Crippen LogP contribution in [0.1, 0.15) is 21.5 Å². The average molecular weight is 451 g/mol. The Morgan fingerprint density at radius 2 is 1.77 bits per heavy atom. The molecule has 0 aromatic heterocycles. The van der Waals surface area contributed by atoms with Crippen molar-refractivity contribution in [1.29, 1.82) is 0 Å². The van der Waals surface area contributed by atoms with Gasteiger partial charge in [0.15, 0.2) is 5.78 Å². The van der Waals surface area contributed by atoms with Gasteiger partial charge in [0, 0.05) is 33.9 Å². The Morgan fingerprint density at radius 1 is 1.04 bits per heavy atom. The van der Waals surface area contributed by atoms with Gasteiger partial charge in [0.2, 0.25) is 0 Å². The highest BCUT2D eigenvalue weighted by Crippen LogP contribution is 2.32. The highest BCUT2D eigenvalue weighted by Gasteiger charge is 2.14. The molecule has 3 rings (SSSR count). The second kappa shape index (κ2) is 8.12. The largest absolute Gasteiger partial charge is 0.506 e. The third-order valence-electron chi connectivity index (χ3n) is 3.84. The number of ketones is 1. The second-order valence-electron chi connectivity index (χ2n) is 5.64. The van der Waals surface area contributed by atoms with Gasteiger partial charge in [0.05, 0.1) is 9.50 Å². The summed E-state index contributed by atoms with van der Waals surface area (Å²) in [6, 6.07) is 17.4. The smallest absolute Gasteiger partial charge is 0.194 e. The molecule has 0 heterocycles. The molecule has 0 unspecified atom stereocenters. The number of phenols is 1. The lowest BCUT2D eigenvalue weighted by atomic mass is 10.0. The van der Waals surface area contributed by atoms with Gasteiger partial charge in [-0.3, -0.25) is 4.79 Å². The maximum atomic E-state index is 12.7. The lowest BCUT2D eigenvalue weighted by Crippen LogP contribution is -2.05. The van der Waals surface area contributed by atoms with Crippen molar-refractivity contribution in [3.63, 3.8) is 0 Å². The predicted octanol–water partition coefficient (Wildman–Crippen LogP) is 6.30. The molecule has 0 fully saturated rings. The first-order valence-electron chi connectivity index (χ1n) is 7.76. The number of hydrogen-bond acceptors (Lipinski definition) is 3. The first kappa shape index (κ1) is 18.8. The van der Waals surface area contributed by atoms with Crippen molar-refractivity contribution in [1.82, 2.24) is 0 Å². The van der Waals surface area contributed by atoms with Crippen molar-refractivity contribution in [3.05, 3.63) is 91.9 Å². The first-order valence-corrected chi connectivity index (χ1v) is 9.30. The van der Waals surface area contributed by atoms with Gasteiger partial charge < -0.3 is 10.4 Å². The van der Waals surface area contributed by atoms with E-state index in [9.17, 15) is 9.90 Å². The van der Waals surface area contributed by atoms with Gasteiger partial charge in [0.1, 0.15) is 5.75 Å². The third kappa shape index (κ3) is 4.21. The van der Waals surface area contributed by atoms with E-state index in [4.69, 9.17) is 23.2 Å². The number of aromatic hydroxyl groups is 1. The van der Waals surface area contributed by atoms with Gasteiger partial charge in [-0.25, -0.2) is 0 Å². The standard InChI is InChI=1S/C20H14BrCl2NO2/c21-17-9-14(22)8-13(20(17)26)11-24-15-6-7-18(23)16(10-15)19(25)12-4-2-1-3-5-12/h1-10,24,26H,11H2. The van der Waals surface area contributed by atoms with E-state index < -0.39 is 0 Å². The summed E-state index contributed by atoms with van der Waals surface area (Å²) in [5, 5.41) is 14.2. The Hall–Kier alpha value is -2.01. The first-order chi connectivity index (χ1) is 12.5. The molecule has 0 saturated carbocycles. The summed E-state index contributed by atoms with van der Waals surface area (Å²) in [6.07, 6.45) is 0. The third-order valence-corrected chi connectivity index (χ3v) is 4.99. The van der Waals surface area contributed by atoms with Gasteiger partial charge in [-0.1, -0.05) is 53.5 Å². The molecule has 26 heavy (non-hydrogen) atoms. The van der Waals surface area contributed by atoms with Crippen LogP contribution in [0.3, 0.4) is 0 Å². The Morgan fingerprint density at radius 3 is 2.50 bits per heavy atom. The quantitative estimate of drug-likeness (QED) is 0.448. The molecule has 0 saturated heterocycles. The van der Waals surface area contributed by atoms with Gasteiger partial charge in [-0.05, 0) is 46.3 Å². The maximum Gasteiger partial charge on any atom is 0.194 e. The molecule has 0 amide bonds. The molecule has 3 aromatic rings. The number of carbonyl (C=O) groups excluding carboxylic acids is 1. The molecule has 0 aliphatic carbocycles. The van der Waals surface area contributed by atoms with Crippen LogP contribution < -0.4 is 5.32 Å². The molecule has 0 radical (unpaired) electrons. The number of hydrogen-bond donors (Lipinski definition) is 2. The summed E-state index contributed by atoms with van der Waals surface area (Å²) in [4.78, 5) is 12.7. The van der Waals surface area contributed by atoms with Gasteiger partial charge in [0.25, 0.3) is 0 Å². The monoisotopic (exact) mass is 449 g/mol. The van der Waals surface area contributed by atoms with Crippen LogP contribution in [-0.4, -0.2) is 10.9 Å². The van der Waals surface area contributed by atoms with Crippen molar-refractivity contribution in [2.75, 3.05) is 5.32 Å². The molecule has 0 aliphatic heterocycles. The minimum absolute atomic E-state index is 0.122. The van der Waals surface area contributed by atoms with E-state index in [0.717, 1.165) is 0 Å².